The molecule has 3 aliphatic rings. The fraction of sp³-hybridized carbons (Fsp3) is 0.231. The van der Waals surface area contributed by atoms with Crippen LogP contribution in [0.1, 0.15) is 19.3 Å². The summed E-state index contributed by atoms with van der Waals surface area (Å²) in [5.74, 6) is 0. The van der Waals surface area contributed by atoms with Crippen LogP contribution >= 0.6 is 0 Å². The molecule has 0 atom stereocenters. The summed E-state index contributed by atoms with van der Waals surface area (Å²) in [7, 11) is 0. The van der Waals surface area contributed by atoms with Crippen molar-refractivity contribution in [1.29, 1.82) is 0 Å². The lowest BCUT2D eigenvalue weighted by molar-refractivity contribution is 0.969. The molecule has 3 rings (SSSR count). The van der Waals surface area contributed by atoms with Gasteiger partial charge < -0.3 is 0 Å². The van der Waals surface area contributed by atoms with Crippen molar-refractivity contribution in [3.8, 4) is 0 Å². The Labute approximate surface area is 78.7 Å². The molecule has 0 aromatic carbocycles. The monoisotopic (exact) mass is 168 g/mol. The summed E-state index contributed by atoms with van der Waals surface area (Å²) in [6.07, 6.45) is 17.1. The molecule has 0 aromatic heterocycles. The average molecular weight is 168 g/mol. The van der Waals surface area contributed by atoms with Crippen molar-refractivity contribution in [2.75, 3.05) is 0 Å². The zero-order valence-corrected chi connectivity index (χ0v) is 7.59. The van der Waals surface area contributed by atoms with Gasteiger partial charge in [-0.05, 0) is 41.6 Å². The maximum absolute atomic E-state index is 2.36. The SMILES string of the molecule is C1=CCC2=C3C=CCCC3=CC2=C1. The van der Waals surface area contributed by atoms with Crippen LogP contribution in [0.5, 0.6) is 0 Å². The van der Waals surface area contributed by atoms with Crippen molar-refractivity contribution < 1.29 is 0 Å². The van der Waals surface area contributed by atoms with E-state index in [1.54, 1.807) is 5.57 Å². The van der Waals surface area contributed by atoms with Gasteiger partial charge in [0, 0.05) is 0 Å². The Kier molecular flexibility index (Phi) is 1.42. The van der Waals surface area contributed by atoms with E-state index in [9.17, 15) is 0 Å². The van der Waals surface area contributed by atoms with Crippen LogP contribution in [-0.4, -0.2) is 0 Å². The van der Waals surface area contributed by atoms with E-state index in [0.29, 0.717) is 0 Å². The predicted octanol–water partition coefficient (Wildman–Crippen LogP) is 3.46. The first-order valence-electron chi connectivity index (χ1n) is 4.93. The maximum atomic E-state index is 2.36. The summed E-state index contributed by atoms with van der Waals surface area (Å²) in [6, 6.07) is 0. The molecule has 0 saturated heterocycles. The molecule has 0 bridgehead atoms. The molecule has 13 heavy (non-hydrogen) atoms. The van der Waals surface area contributed by atoms with Crippen molar-refractivity contribution >= 4 is 0 Å². The van der Waals surface area contributed by atoms with Crippen LogP contribution in [0.15, 0.2) is 58.7 Å². The first-order valence-corrected chi connectivity index (χ1v) is 4.93. The highest BCUT2D eigenvalue weighted by Gasteiger charge is 2.20. The number of fused-ring (bicyclic) bond motifs is 2. The smallest absolute Gasteiger partial charge is 0.00823 e. The third kappa shape index (κ3) is 0.983. The van der Waals surface area contributed by atoms with Gasteiger partial charge in [-0.3, -0.25) is 0 Å². The van der Waals surface area contributed by atoms with Gasteiger partial charge in [-0.15, -0.1) is 0 Å². The zero-order valence-electron chi connectivity index (χ0n) is 7.59. The third-order valence-electron chi connectivity index (χ3n) is 2.95. The molecule has 64 valence electrons. The fourth-order valence-electron chi connectivity index (χ4n) is 2.29. The Morgan fingerprint density at radius 3 is 3.15 bits per heavy atom. The summed E-state index contributed by atoms with van der Waals surface area (Å²) in [5.41, 5.74) is 6.03. The Morgan fingerprint density at radius 1 is 1.15 bits per heavy atom. The molecule has 0 aliphatic heterocycles. The van der Waals surface area contributed by atoms with E-state index in [-0.39, 0.29) is 0 Å². The van der Waals surface area contributed by atoms with E-state index < -0.39 is 0 Å². The van der Waals surface area contributed by atoms with Gasteiger partial charge >= 0.3 is 0 Å². The first kappa shape index (κ1) is 7.14. The second kappa shape index (κ2) is 2.59. The van der Waals surface area contributed by atoms with Crippen LogP contribution in [0, 0.1) is 0 Å². The lowest BCUT2D eigenvalue weighted by Gasteiger charge is -2.11. The summed E-state index contributed by atoms with van der Waals surface area (Å²) in [5, 5.41) is 0. The van der Waals surface area contributed by atoms with E-state index in [4.69, 9.17) is 0 Å². The lowest BCUT2D eigenvalue weighted by Crippen LogP contribution is -1.92. The Balaban J connectivity index is 2.18. The van der Waals surface area contributed by atoms with E-state index in [1.807, 2.05) is 0 Å². The van der Waals surface area contributed by atoms with Crippen LogP contribution in [0.25, 0.3) is 0 Å². The van der Waals surface area contributed by atoms with Crippen molar-refractivity contribution in [2.45, 2.75) is 19.3 Å². The van der Waals surface area contributed by atoms with Gasteiger partial charge in [-0.2, -0.15) is 0 Å². The number of rotatable bonds is 0. The summed E-state index contributed by atoms with van der Waals surface area (Å²) in [4.78, 5) is 0. The highest BCUT2D eigenvalue weighted by atomic mass is 14.2. The molecule has 0 unspecified atom stereocenters. The second-order valence-electron chi connectivity index (χ2n) is 3.76. The number of hydrogen-bond acceptors (Lipinski definition) is 0. The molecular weight excluding hydrogens is 156 g/mol. The zero-order chi connectivity index (χ0) is 8.67. The quantitative estimate of drug-likeness (QED) is 0.519. The van der Waals surface area contributed by atoms with E-state index in [2.05, 4.69) is 36.5 Å². The van der Waals surface area contributed by atoms with Crippen LogP contribution in [-0.2, 0) is 0 Å². The normalized spacial score (nSPS) is 24.0. The van der Waals surface area contributed by atoms with E-state index in [0.717, 1.165) is 6.42 Å². The van der Waals surface area contributed by atoms with Crippen molar-refractivity contribution in [1.82, 2.24) is 0 Å². The Hall–Kier alpha value is -1.30. The average Bonchev–Trinajstić information content (AvgIpc) is 2.56. The van der Waals surface area contributed by atoms with Gasteiger partial charge in [0.2, 0.25) is 0 Å². The topological polar surface area (TPSA) is 0 Å². The highest BCUT2D eigenvalue weighted by Crippen LogP contribution is 2.39. The predicted molar refractivity (Wildman–Crippen MR) is 55.3 cm³/mol. The maximum Gasteiger partial charge on any atom is -0.00823 e. The minimum Gasteiger partial charge on any atom is -0.0836 e. The highest BCUT2D eigenvalue weighted by molar-refractivity contribution is 5.65. The molecule has 0 heterocycles. The van der Waals surface area contributed by atoms with Gasteiger partial charge in [0.15, 0.2) is 0 Å². The van der Waals surface area contributed by atoms with Crippen molar-refractivity contribution in [2.24, 2.45) is 0 Å². The van der Waals surface area contributed by atoms with Crippen molar-refractivity contribution in [3.05, 3.63) is 58.7 Å². The minimum absolute atomic E-state index is 1.12. The molecule has 0 N–H and O–H groups in total. The second-order valence-corrected chi connectivity index (χ2v) is 3.76. The Bertz CT molecular complexity index is 398. The molecule has 0 nitrogen and oxygen atoms in total. The molecule has 0 saturated carbocycles. The van der Waals surface area contributed by atoms with Gasteiger partial charge in [0.1, 0.15) is 0 Å². The summed E-state index contributed by atoms with van der Waals surface area (Å²) >= 11 is 0. The fourth-order valence-corrected chi connectivity index (χ4v) is 2.29. The lowest BCUT2D eigenvalue weighted by atomic mass is 9.93. The van der Waals surface area contributed by atoms with Crippen molar-refractivity contribution in [3.63, 3.8) is 0 Å². The number of hydrogen-bond donors (Lipinski definition) is 0. The Morgan fingerprint density at radius 2 is 2.15 bits per heavy atom. The minimum atomic E-state index is 1.12. The largest absolute Gasteiger partial charge is 0.0836 e. The van der Waals surface area contributed by atoms with Crippen LogP contribution < -0.4 is 0 Å². The molecule has 3 aliphatic carbocycles. The molecule has 0 radical (unpaired) electrons. The molecule has 0 amide bonds. The molecule has 0 fully saturated rings. The molecule has 0 spiro atoms. The summed E-state index contributed by atoms with van der Waals surface area (Å²) in [6.45, 7) is 0. The van der Waals surface area contributed by atoms with Crippen LogP contribution in [0.4, 0.5) is 0 Å². The molecule has 0 aromatic rings. The standard InChI is InChI=1S/C13H12/c1-3-7-12-10(5-1)9-11-6-2-4-8-13(11)12/h1,3-5,8-9H,2,6-7H2. The third-order valence-corrected chi connectivity index (χ3v) is 2.95. The first-order chi connectivity index (χ1) is 6.45. The van der Waals surface area contributed by atoms with Crippen LogP contribution in [0.2, 0.25) is 0 Å². The summed E-state index contributed by atoms with van der Waals surface area (Å²) < 4.78 is 0. The van der Waals surface area contributed by atoms with Gasteiger partial charge in [-0.1, -0.05) is 36.5 Å². The van der Waals surface area contributed by atoms with Gasteiger partial charge in [0.05, 0.1) is 0 Å². The van der Waals surface area contributed by atoms with Crippen LogP contribution in [0.3, 0.4) is 0 Å². The van der Waals surface area contributed by atoms with Gasteiger partial charge in [0.25, 0.3) is 0 Å². The number of allylic oxidation sites excluding steroid dienone is 10. The molecular formula is C13H12. The van der Waals surface area contributed by atoms with E-state index >= 15 is 0 Å². The van der Waals surface area contributed by atoms with E-state index in [1.165, 1.54) is 29.6 Å². The molecule has 0 heteroatoms. The van der Waals surface area contributed by atoms with Gasteiger partial charge in [-0.25, -0.2) is 0 Å².